The molecule has 0 saturated carbocycles. The number of methoxy groups -OCH3 is 1. The number of hydrogen-bond acceptors (Lipinski definition) is 8. The van der Waals surface area contributed by atoms with Gasteiger partial charge in [-0.15, -0.1) is 0 Å². The third-order valence-electron chi connectivity index (χ3n) is 7.31. The minimum atomic E-state index is -0.876. The molecule has 1 fully saturated rings. The van der Waals surface area contributed by atoms with Crippen molar-refractivity contribution in [1.82, 2.24) is 5.32 Å². The summed E-state index contributed by atoms with van der Waals surface area (Å²) in [5.41, 5.74) is 3.79. The van der Waals surface area contributed by atoms with Crippen LogP contribution in [0.1, 0.15) is 41.1 Å². The molecule has 4 atom stereocenters. The van der Waals surface area contributed by atoms with Crippen molar-refractivity contribution in [3.05, 3.63) is 131 Å². The zero-order valence-corrected chi connectivity index (χ0v) is 25.5. The lowest BCUT2D eigenvalue weighted by Gasteiger charge is -2.36. The molecule has 1 aliphatic heterocycles. The monoisotopic (exact) mass is 629 g/mol. The van der Waals surface area contributed by atoms with E-state index in [2.05, 4.69) is 10.6 Å². The van der Waals surface area contributed by atoms with Crippen molar-refractivity contribution >= 4 is 29.4 Å². The number of carbonyl (C=O) groups is 2. The van der Waals surface area contributed by atoms with E-state index < -0.39 is 24.3 Å². The third kappa shape index (κ3) is 8.83. The molecule has 1 aromatic heterocycles. The van der Waals surface area contributed by atoms with E-state index in [0.29, 0.717) is 28.5 Å². The lowest BCUT2D eigenvalue weighted by atomic mass is 10.0. The van der Waals surface area contributed by atoms with Gasteiger partial charge in [0.05, 0.1) is 25.9 Å². The minimum absolute atomic E-state index is 0.0525. The molecule has 2 amide bonds. The third-order valence-corrected chi connectivity index (χ3v) is 8.46. The van der Waals surface area contributed by atoms with Crippen LogP contribution >= 0.6 is 11.8 Å². The van der Waals surface area contributed by atoms with Crippen LogP contribution in [0, 0.1) is 5.21 Å². The predicted octanol–water partition coefficient (Wildman–Crippen LogP) is 5.06. The lowest BCUT2D eigenvalue weighted by molar-refractivity contribution is -0.645. The van der Waals surface area contributed by atoms with Crippen LogP contribution in [0.5, 0.6) is 0 Å². The molecule has 2 heterocycles. The number of anilines is 1. The maximum Gasteiger partial charge on any atom is 0.328 e. The summed E-state index contributed by atoms with van der Waals surface area (Å²) in [7, 11) is 1.28. The van der Waals surface area contributed by atoms with Gasteiger partial charge >= 0.3 is 12.0 Å². The molecule has 0 bridgehead atoms. The van der Waals surface area contributed by atoms with Crippen LogP contribution in [0.4, 0.5) is 10.5 Å². The summed E-state index contributed by atoms with van der Waals surface area (Å²) in [6.45, 7) is -0.0525. The Kier molecular flexibility index (Phi) is 11.0. The Morgan fingerprint density at radius 1 is 0.978 bits per heavy atom. The van der Waals surface area contributed by atoms with E-state index >= 15 is 0 Å². The highest BCUT2D eigenvalue weighted by Gasteiger charge is 2.33. The Morgan fingerprint density at radius 2 is 1.76 bits per heavy atom. The maximum atomic E-state index is 13.0. The number of aliphatic hydroxyl groups excluding tert-OH is 1. The first-order valence-electron chi connectivity index (χ1n) is 14.5. The van der Waals surface area contributed by atoms with E-state index in [-0.39, 0.29) is 25.2 Å². The molecule has 3 N–H and O–H groups in total. The number of aromatic nitrogens is 1. The number of urea groups is 1. The standard InChI is InChI=1S/C34H35N3O7S/c1-42-32(39)29(18-23-8-3-2-4-9-23)36-34(40)35-27-11-7-10-26(19-27)33-43-28(22-45-31-12-5-6-17-37(31)41)20-30(44-33)25-15-13-24(21-38)14-16-25/h2-17,19,28-30,33,38H,18,20-22H2,1H3,(H2,35,36,40)/t28-,29+,30+,33+/m1/s1. The highest BCUT2D eigenvalue weighted by molar-refractivity contribution is 7.99. The number of esters is 1. The van der Waals surface area contributed by atoms with Crippen LogP contribution in [0.3, 0.4) is 0 Å². The zero-order valence-electron chi connectivity index (χ0n) is 24.7. The van der Waals surface area contributed by atoms with Crippen molar-refractivity contribution in [1.29, 1.82) is 0 Å². The number of pyridine rings is 1. The SMILES string of the molecule is COC(=O)[C@H](Cc1ccccc1)NC(=O)Nc1cccc([C@H]2O[C@@H](CSc3cccc[n+]3[O-])C[C@@H](c3ccc(CO)cc3)O2)c1. The first-order chi connectivity index (χ1) is 21.9. The molecule has 4 aromatic rings. The van der Waals surface area contributed by atoms with Gasteiger partial charge in [-0.2, -0.15) is 4.73 Å². The van der Waals surface area contributed by atoms with E-state index in [1.807, 2.05) is 66.7 Å². The Bertz CT molecular complexity index is 1570. The Labute approximate surface area is 265 Å². The Balaban J connectivity index is 1.30. The van der Waals surface area contributed by atoms with Crippen LogP contribution in [-0.2, 0) is 32.0 Å². The van der Waals surface area contributed by atoms with Crippen LogP contribution in [0.25, 0.3) is 0 Å². The highest BCUT2D eigenvalue weighted by atomic mass is 32.2. The molecular formula is C34H35N3O7S. The lowest BCUT2D eigenvalue weighted by Crippen LogP contribution is -2.45. The number of amides is 2. The van der Waals surface area contributed by atoms with Crippen molar-refractivity contribution < 1.29 is 33.6 Å². The summed E-state index contributed by atoms with van der Waals surface area (Å²) >= 11 is 1.41. The number of benzene rings is 3. The van der Waals surface area contributed by atoms with E-state index in [0.717, 1.165) is 21.4 Å². The summed E-state index contributed by atoms with van der Waals surface area (Å²) in [4.78, 5) is 25.4. The molecule has 11 heteroatoms. The topological polar surface area (TPSA) is 133 Å². The van der Waals surface area contributed by atoms with Crippen molar-refractivity contribution in [3.8, 4) is 0 Å². The normalized spacial score (nSPS) is 18.5. The molecule has 1 aliphatic rings. The number of rotatable bonds is 11. The van der Waals surface area contributed by atoms with Crippen LogP contribution in [0.2, 0.25) is 0 Å². The molecule has 1 saturated heterocycles. The quantitative estimate of drug-likeness (QED) is 0.0908. The fourth-order valence-corrected chi connectivity index (χ4v) is 5.93. The minimum Gasteiger partial charge on any atom is -0.618 e. The summed E-state index contributed by atoms with van der Waals surface area (Å²) in [5, 5.41) is 27.8. The molecule has 3 aromatic carbocycles. The number of ether oxygens (including phenoxy) is 3. The average molecular weight is 630 g/mol. The second-order valence-electron chi connectivity index (χ2n) is 10.5. The van der Waals surface area contributed by atoms with Crippen LogP contribution < -0.4 is 15.4 Å². The summed E-state index contributed by atoms with van der Waals surface area (Å²) in [5.74, 6) is -0.0275. The molecule has 5 rings (SSSR count). The van der Waals surface area contributed by atoms with Gasteiger partial charge in [-0.25, -0.2) is 9.59 Å². The number of thioether (sulfide) groups is 1. The molecule has 0 aliphatic carbocycles. The second-order valence-corrected chi connectivity index (χ2v) is 11.6. The number of aliphatic hydroxyl groups is 1. The van der Waals surface area contributed by atoms with Gasteiger partial charge in [0.15, 0.2) is 12.5 Å². The summed E-state index contributed by atoms with van der Waals surface area (Å²) < 4.78 is 18.5. The number of nitrogens with zero attached hydrogens (tertiary/aromatic N) is 1. The van der Waals surface area contributed by atoms with E-state index in [1.54, 1.807) is 30.3 Å². The molecular weight excluding hydrogens is 594 g/mol. The number of carbonyl (C=O) groups excluding carboxylic acids is 2. The molecule has 10 nitrogen and oxygen atoms in total. The van der Waals surface area contributed by atoms with E-state index in [1.165, 1.54) is 25.1 Å². The maximum absolute atomic E-state index is 13.0. The summed E-state index contributed by atoms with van der Waals surface area (Å²) in [6, 6.07) is 27.9. The van der Waals surface area contributed by atoms with E-state index in [9.17, 15) is 19.9 Å². The second kappa shape index (κ2) is 15.5. The summed E-state index contributed by atoms with van der Waals surface area (Å²) in [6.07, 6.45) is 0.981. The highest BCUT2D eigenvalue weighted by Crippen LogP contribution is 2.39. The van der Waals surface area contributed by atoms with Gasteiger partial charge in [-0.3, -0.25) is 0 Å². The molecule has 0 spiro atoms. The van der Waals surface area contributed by atoms with Crippen molar-refractivity contribution in [2.75, 3.05) is 18.2 Å². The number of hydrogen-bond donors (Lipinski definition) is 3. The fraction of sp³-hybridized carbons (Fsp3) is 0.265. The van der Waals surface area contributed by atoms with Gasteiger partial charge in [0.25, 0.3) is 5.03 Å². The molecule has 0 unspecified atom stereocenters. The Hall–Kier alpha value is -4.42. The fourth-order valence-electron chi connectivity index (χ4n) is 5.00. The largest absolute Gasteiger partial charge is 0.618 e. The van der Waals surface area contributed by atoms with Crippen molar-refractivity contribution in [2.45, 2.75) is 49.0 Å². The van der Waals surface area contributed by atoms with Crippen LogP contribution in [-0.4, -0.2) is 42.1 Å². The first kappa shape index (κ1) is 32.0. The van der Waals surface area contributed by atoms with Gasteiger partial charge in [-0.1, -0.05) is 78.5 Å². The van der Waals surface area contributed by atoms with Crippen LogP contribution in [0.15, 0.2) is 108 Å². The number of nitrogens with one attached hydrogen (secondary N) is 2. The average Bonchev–Trinajstić information content (AvgIpc) is 3.07. The van der Waals surface area contributed by atoms with Crippen molar-refractivity contribution in [3.63, 3.8) is 0 Å². The molecule has 234 valence electrons. The Morgan fingerprint density at radius 3 is 2.49 bits per heavy atom. The smallest absolute Gasteiger partial charge is 0.328 e. The van der Waals surface area contributed by atoms with E-state index in [4.69, 9.17) is 14.2 Å². The predicted molar refractivity (Wildman–Crippen MR) is 169 cm³/mol. The molecule has 0 radical (unpaired) electrons. The zero-order chi connectivity index (χ0) is 31.6. The van der Waals surface area contributed by atoms with Gasteiger partial charge < -0.3 is 35.2 Å². The van der Waals surface area contributed by atoms with Crippen molar-refractivity contribution in [2.24, 2.45) is 0 Å². The first-order valence-corrected chi connectivity index (χ1v) is 15.5. The molecule has 45 heavy (non-hydrogen) atoms. The van der Waals surface area contributed by atoms with Gasteiger partial charge in [0, 0.05) is 42.0 Å². The van der Waals surface area contributed by atoms with Gasteiger partial charge in [-0.05, 0) is 34.9 Å². The van der Waals surface area contributed by atoms with Gasteiger partial charge in [0.1, 0.15) is 6.04 Å². The van der Waals surface area contributed by atoms with Gasteiger partial charge in [0.2, 0.25) is 0 Å².